The number of carbonyl (C=O) groups excluding carboxylic acids is 1. The Morgan fingerprint density at radius 2 is 1.95 bits per heavy atom. The zero-order chi connectivity index (χ0) is 15.0. The van der Waals surface area contributed by atoms with Crippen molar-refractivity contribution in [3.8, 4) is 0 Å². The molecule has 0 amide bonds. The fraction of sp³-hybridized carbons (Fsp3) is 0.632. The number of thioether (sulfide) groups is 1. The minimum atomic E-state index is 0.291. The molecule has 1 aromatic carbocycles. The number of hydrogen-bond acceptors (Lipinski definition) is 2. The number of ketones is 1. The van der Waals surface area contributed by atoms with Crippen molar-refractivity contribution in [2.45, 2.75) is 57.3 Å². The summed E-state index contributed by atoms with van der Waals surface area (Å²) in [4.78, 5) is 13.8. The minimum absolute atomic E-state index is 0.291. The summed E-state index contributed by atoms with van der Waals surface area (Å²) in [6.07, 6.45) is 4.06. The standard InChI is InChI=1S/C19H26OS/c1-19(2,3)15-8-9-17(20)13(11-15)10-14-12-21-18-7-5-4-6-16(14)18/h4-7,13-15H,8-12H2,1-3H3. The first kappa shape index (κ1) is 15.1. The van der Waals surface area contributed by atoms with Crippen LogP contribution >= 0.6 is 11.8 Å². The Morgan fingerprint density at radius 1 is 1.19 bits per heavy atom. The number of rotatable bonds is 2. The van der Waals surface area contributed by atoms with E-state index in [0.29, 0.717) is 29.0 Å². The number of hydrogen-bond donors (Lipinski definition) is 0. The molecule has 2 aliphatic rings. The van der Waals surface area contributed by atoms with Crippen molar-refractivity contribution in [3.63, 3.8) is 0 Å². The molecule has 0 saturated heterocycles. The van der Waals surface area contributed by atoms with Gasteiger partial charge >= 0.3 is 0 Å². The van der Waals surface area contributed by atoms with Gasteiger partial charge in [-0.1, -0.05) is 39.0 Å². The van der Waals surface area contributed by atoms with Gasteiger partial charge in [-0.3, -0.25) is 4.79 Å². The summed E-state index contributed by atoms with van der Waals surface area (Å²) in [5.41, 5.74) is 1.81. The Labute approximate surface area is 132 Å². The molecule has 3 unspecified atom stereocenters. The molecule has 1 aromatic rings. The van der Waals surface area contributed by atoms with Crippen LogP contribution in [0, 0.1) is 17.3 Å². The third-order valence-corrected chi connectivity index (χ3v) is 6.61. The molecule has 0 aromatic heterocycles. The van der Waals surface area contributed by atoms with Crippen molar-refractivity contribution in [1.29, 1.82) is 0 Å². The van der Waals surface area contributed by atoms with Crippen LogP contribution in [-0.4, -0.2) is 11.5 Å². The quantitative estimate of drug-likeness (QED) is 0.737. The van der Waals surface area contributed by atoms with E-state index in [2.05, 4.69) is 45.0 Å². The van der Waals surface area contributed by atoms with E-state index in [-0.39, 0.29) is 0 Å². The van der Waals surface area contributed by atoms with Crippen molar-refractivity contribution < 1.29 is 4.79 Å². The fourth-order valence-electron chi connectivity index (χ4n) is 3.90. The molecular weight excluding hydrogens is 276 g/mol. The topological polar surface area (TPSA) is 17.1 Å². The van der Waals surface area contributed by atoms with Crippen LogP contribution in [0.5, 0.6) is 0 Å². The van der Waals surface area contributed by atoms with Crippen molar-refractivity contribution in [3.05, 3.63) is 29.8 Å². The molecule has 1 aliphatic heterocycles. The third kappa shape index (κ3) is 3.21. The zero-order valence-corrected chi connectivity index (χ0v) is 14.2. The molecular formula is C19H26OS. The molecule has 0 spiro atoms. The van der Waals surface area contributed by atoms with Gasteiger partial charge in [-0.05, 0) is 48.1 Å². The maximum atomic E-state index is 12.4. The molecule has 0 N–H and O–H groups in total. The molecule has 1 heterocycles. The van der Waals surface area contributed by atoms with Gasteiger partial charge in [-0.2, -0.15) is 0 Å². The molecule has 114 valence electrons. The van der Waals surface area contributed by atoms with E-state index in [9.17, 15) is 4.79 Å². The first-order chi connectivity index (χ1) is 9.95. The minimum Gasteiger partial charge on any atom is -0.299 e. The Hall–Kier alpha value is -0.760. The first-order valence-corrected chi connectivity index (χ1v) is 9.18. The van der Waals surface area contributed by atoms with Gasteiger partial charge in [0.1, 0.15) is 5.78 Å². The predicted molar refractivity (Wildman–Crippen MR) is 89.8 cm³/mol. The van der Waals surface area contributed by atoms with Crippen LogP contribution in [0.15, 0.2) is 29.2 Å². The van der Waals surface area contributed by atoms with Crippen molar-refractivity contribution in [2.24, 2.45) is 17.3 Å². The Bertz CT molecular complexity index is 529. The van der Waals surface area contributed by atoms with Crippen LogP contribution in [0.4, 0.5) is 0 Å². The van der Waals surface area contributed by atoms with Gasteiger partial charge < -0.3 is 0 Å². The molecule has 1 nitrogen and oxygen atoms in total. The molecule has 2 heteroatoms. The summed E-state index contributed by atoms with van der Waals surface area (Å²) < 4.78 is 0. The van der Waals surface area contributed by atoms with E-state index in [1.807, 2.05) is 11.8 Å². The van der Waals surface area contributed by atoms with Crippen molar-refractivity contribution >= 4 is 17.5 Å². The zero-order valence-electron chi connectivity index (χ0n) is 13.4. The van der Waals surface area contributed by atoms with Gasteiger partial charge in [0, 0.05) is 23.0 Å². The maximum absolute atomic E-state index is 12.4. The van der Waals surface area contributed by atoms with Crippen LogP contribution in [0.3, 0.4) is 0 Å². The second kappa shape index (κ2) is 5.79. The van der Waals surface area contributed by atoms with E-state index < -0.39 is 0 Å². The number of fused-ring (bicyclic) bond motifs is 1. The van der Waals surface area contributed by atoms with E-state index in [0.717, 1.165) is 31.4 Å². The SMILES string of the molecule is CC(C)(C)C1CCC(=O)C(CC2CSc3ccccc32)C1. The van der Waals surface area contributed by atoms with Gasteiger partial charge in [0.05, 0.1) is 0 Å². The van der Waals surface area contributed by atoms with Gasteiger partial charge in [0.15, 0.2) is 0 Å². The van der Waals surface area contributed by atoms with Gasteiger partial charge in [-0.25, -0.2) is 0 Å². The molecule has 0 radical (unpaired) electrons. The Balaban J connectivity index is 1.71. The third-order valence-electron chi connectivity index (χ3n) is 5.36. The molecule has 3 rings (SSSR count). The maximum Gasteiger partial charge on any atom is 0.136 e. The summed E-state index contributed by atoms with van der Waals surface area (Å²) in [5, 5.41) is 0. The van der Waals surface area contributed by atoms with Gasteiger partial charge in [-0.15, -0.1) is 11.8 Å². The smallest absolute Gasteiger partial charge is 0.136 e. The van der Waals surface area contributed by atoms with Crippen LogP contribution in [0.2, 0.25) is 0 Å². The highest BCUT2D eigenvalue weighted by atomic mass is 32.2. The second-order valence-corrected chi connectivity index (χ2v) is 8.84. The summed E-state index contributed by atoms with van der Waals surface area (Å²) in [6, 6.07) is 8.74. The molecule has 21 heavy (non-hydrogen) atoms. The van der Waals surface area contributed by atoms with Crippen molar-refractivity contribution in [1.82, 2.24) is 0 Å². The molecule has 1 aliphatic carbocycles. The lowest BCUT2D eigenvalue weighted by molar-refractivity contribution is -0.127. The molecule has 3 atom stereocenters. The van der Waals surface area contributed by atoms with Gasteiger partial charge in [0.2, 0.25) is 0 Å². The lowest BCUT2D eigenvalue weighted by atomic mass is 9.67. The fourth-order valence-corrected chi connectivity index (χ4v) is 5.17. The average Bonchev–Trinajstić information content (AvgIpc) is 2.83. The number of benzene rings is 1. The second-order valence-electron chi connectivity index (χ2n) is 7.78. The van der Waals surface area contributed by atoms with E-state index >= 15 is 0 Å². The lowest BCUT2D eigenvalue weighted by Gasteiger charge is -2.37. The van der Waals surface area contributed by atoms with Crippen LogP contribution in [0.25, 0.3) is 0 Å². The van der Waals surface area contributed by atoms with Crippen molar-refractivity contribution in [2.75, 3.05) is 5.75 Å². The molecule has 0 bridgehead atoms. The van der Waals surface area contributed by atoms with Crippen LogP contribution in [-0.2, 0) is 4.79 Å². The summed E-state index contributed by atoms with van der Waals surface area (Å²) in [7, 11) is 0. The Kier molecular flexibility index (Phi) is 4.18. The van der Waals surface area contributed by atoms with E-state index in [1.165, 1.54) is 10.5 Å². The lowest BCUT2D eigenvalue weighted by Crippen LogP contribution is -2.32. The molecule has 1 saturated carbocycles. The average molecular weight is 302 g/mol. The molecule has 1 fully saturated rings. The Morgan fingerprint density at radius 3 is 2.71 bits per heavy atom. The highest BCUT2D eigenvalue weighted by molar-refractivity contribution is 7.99. The van der Waals surface area contributed by atoms with Crippen LogP contribution in [0.1, 0.15) is 57.9 Å². The first-order valence-electron chi connectivity index (χ1n) is 8.19. The number of carbonyl (C=O) groups is 1. The normalized spacial score (nSPS) is 29.5. The van der Waals surface area contributed by atoms with E-state index in [1.54, 1.807) is 0 Å². The number of Topliss-reactive ketones (excluding diaryl/α,β-unsaturated/α-hetero) is 1. The highest BCUT2D eigenvalue weighted by Crippen LogP contribution is 2.46. The monoisotopic (exact) mass is 302 g/mol. The largest absolute Gasteiger partial charge is 0.299 e. The van der Waals surface area contributed by atoms with Crippen LogP contribution < -0.4 is 0 Å². The predicted octanol–water partition coefficient (Wildman–Crippen LogP) is 5.30. The summed E-state index contributed by atoms with van der Waals surface area (Å²) in [6.45, 7) is 6.97. The summed E-state index contributed by atoms with van der Waals surface area (Å²) >= 11 is 1.96. The highest BCUT2D eigenvalue weighted by Gasteiger charge is 2.37. The summed E-state index contributed by atoms with van der Waals surface area (Å²) in [5.74, 6) is 3.25. The van der Waals surface area contributed by atoms with E-state index in [4.69, 9.17) is 0 Å². The van der Waals surface area contributed by atoms with Gasteiger partial charge in [0.25, 0.3) is 0 Å².